The third-order valence-electron chi connectivity index (χ3n) is 11.3. The van der Waals surface area contributed by atoms with Gasteiger partial charge < -0.3 is 8.98 Å². The number of hydrogen-bond donors (Lipinski definition) is 0. The first-order valence-corrected chi connectivity index (χ1v) is 28.5. The van der Waals surface area contributed by atoms with Crippen LogP contribution in [0.25, 0.3) is 83.8 Å². The molecule has 0 amide bonds. The maximum Gasteiger partial charge on any atom is 0 e. The standard InChI is InChI=1S/C42H34N3O.C15H18GeN.Ir/c1-26(2)34-24-30(28-14-7-5-8-15-28)25-35(27(3)4)39(34)45-38-21-12-11-20-37(38)43-41(45)33-19-13-18-31-32-22-23-36(29-16-9-6-10-17-29)44-42(32)46-40(31)33;1-12-5-7-13(8-6-12)15-10-9-14(11-17-15)16(2,3)4;/h5-18,20-27H,1-4H3;5-7,9-11H,1-4H3;/q2*-1;/i26D,27D;1D3,5D,6D;. The van der Waals surface area contributed by atoms with Crippen LogP contribution in [0.2, 0.25) is 17.3 Å². The molecule has 4 aromatic heterocycles. The van der Waals surface area contributed by atoms with E-state index in [1.807, 2.05) is 137 Å². The first kappa shape index (κ1) is 36.4. The molecule has 7 heteroatoms. The van der Waals surface area contributed by atoms with Crippen molar-refractivity contribution in [1.82, 2.24) is 19.5 Å². The second-order valence-electron chi connectivity index (χ2n) is 17.2. The minimum absolute atomic E-state index is 0. The second kappa shape index (κ2) is 18.7. The van der Waals surface area contributed by atoms with Gasteiger partial charge in [0.05, 0.1) is 28.1 Å². The van der Waals surface area contributed by atoms with Crippen LogP contribution in [-0.4, -0.2) is 32.8 Å². The fourth-order valence-electron chi connectivity index (χ4n) is 7.89. The van der Waals surface area contributed by atoms with Crippen LogP contribution in [0.5, 0.6) is 0 Å². The van der Waals surface area contributed by atoms with Gasteiger partial charge >= 0.3 is 113 Å². The summed E-state index contributed by atoms with van der Waals surface area (Å²) in [5, 5.41) is 1.83. The number of imidazole rings is 1. The van der Waals surface area contributed by atoms with Crippen molar-refractivity contribution in [3.8, 4) is 50.7 Å². The van der Waals surface area contributed by atoms with Gasteiger partial charge in [-0.3, -0.25) is 4.98 Å². The molecule has 5 nitrogen and oxygen atoms in total. The summed E-state index contributed by atoms with van der Waals surface area (Å²) >= 11 is -1.93. The Morgan fingerprint density at radius 3 is 2.02 bits per heavy atom. The van der Waals surface area contributed by atoms with Gasteiger partial charge in [0.15, 0.2) is 0 Å². The summed E-state index contributed by atoms with van der Waals surface area (Å²) in [6.45, 7) is 5.15. The summed E-state index contributed by atoms with van der Waals surface area (Å²) in [4.78, 5) is 14.5. The summed E-state index contributed by atoms with van der Waals surface area (Å²) in [7, 11) is 0. The van der Waals surface area contributed by atoms with Crippen LogP contribution in [0.15, 0.2) is 162 Å². The molecule has 10 aromatic rings. The molecule has 4 heterocycles. The number of aromatic nitrogens is 4. The Morgan fingerprint density at radius 2 is 1.38 bits per heavy atom. The molecule has 0 unspecified atom stereocenters. The van der Waals surface area contributed by atoms with Crippen LogP contribution in [-0.2, 0) is 20.1 Å². The first-order valence-electron chi connectivity index (χ1n) is 24.6. The Kier molecular flexibility index (Phi) is 10.6. The Hall–Kier alpha value is -5.92. The summed E-state index contributed by atoms with van der Waals surface area (Å²) in [6.07, 6.45) is 1.84. The molecule has 1 radical (unpaired) electrons. The zero-order valence-corrected chi connectivity index (χ0v) is 41.4. The number of pyridine rings is 2. The Balaban J connectivity index is 0.000000248. The largest absolute Gasteiger partial charge is 0 e. The SMILES string of the molecule is [2H]C(C)(C)c1cc(-c2ccccc2)cc(C([2H])(C)C)c1-n1c(-c2[c-]ccc3c2oc2nc(-c4ccccc4)ccc23)nc2ccccc21.[2H]c1[c-]c(-c2cc[c]([Ge]([CH3])([CH3])[CH3])cn2)cc([2H])c1C([2H])([2H])[2H].[Ir]. The van der Waals surface area contributed by atoms with E-state index in [1.54, 1.807) is 0 Å². The number of fused-ring (bicyclic) bond motifs is 4. The molecule has 0 N–H and O–H groups in total. The van der Waals surface area contributed by atoms with E-state index >= 15 is 0 Å². The first-order chi connectivity index (χ1) is 33.1. The van der Waals surface area contributed by atoms with Crippen molar-refractivity contribution >= 4 is 50.8 Å². The average Bonchev–Trinajstić information content (AvgIpc) is 3.89. The topological polar surface area (TPSA) is 56.7 Å². The minimum Gasteiger partial charge on any atom is 0 e. The molecule has 0 fully saturated rings. The molecule has 0 aliphatic heterocycles. The van der Waals surface area contributed by atoms with E-state index in [0.29, 0.717) is 33.9 Å². The monoisotopic (exact) mass is 1080 g/mol. The van der Waals surface area contributed by atoms with Gasteiger partial charge in [0.2, 0.25) is 5.71 Å². The third kappa shape index (κ3) is 8.92. The van der Waals surface area contributed by atoms with Crippen molar-refractivity contribution in [2.24, 2.45) is 0 Å². The van der Waals surface area contributed by atoms with Crippen LogP contribution in [0.4, 0.5) is 0 Å². The molecule has 0 spiro atoms. The summed E-state index contributed by atoms with van der Waals surface area (Å²) in [5.41, 5.74) is 10.6. The van der Waals surface area contributed by atoms with E-state index in [9.17, 15) is 2.74 Å². The predicted molar refractivity (Wildman–Crippen MR) is 266 cm³/mol. The Labute approximate surface area is 403 Å². The van der Waals surface area contributed by atoms with E-state index < -0.39 is 31.9 Å². The molecule has 0 aliphatic carbocycles. The number of hydrogen-bond acceptors (Lipinski definition) is 4. The van der Waals surface area contributed by atoms with Crippen LogP contribution >= 0.6 is 0 Å². The van der Waals surface area contributed by atoms with Crippen molar-refractivity contribution in [3.05, 3.63) is 187 Å². The van der Waals surface area contributed by atoms with E-state index in [-0.39, 0.29) is 37.8 Å². The molecule has 0 saturated heterocycles. The van der Waals surface area contributed by atoms with Gasteiger partial charge in [0, 0.05) is 39.5 Å². The van der Waals surface area contributed by atoms with Gasteiger partial charge in [0.1, 0.15) is 0 Å². The molecule has 6 aromatic carbocycles. The quantitative estimate of drug-likeness (QED) is 0.112. The minimum atomic E-state index is -2.47. The van der Waals surface area contributed by atoms with Gasteiger partial charge in [-0.2, -0.15) is 0 Å². The van der Waals surface area contributed by atoms with Gasteiger partial charge in [-0.1, -0.05) is 111 Å². The smallest absolute Gasteiger partial charge is 0 e. The fourth-order valence-corrected chi connectivity index (χ4v) is 10.1. The Bertz CT molecular complexity index is 3500. The normalized spacial score (nSPS) is 13.7. The van der Waals surface area contributed by atoms with E-state index in [2.05, 4.69) is 69.3 Å². The van der Waals surface area contributed by atoms with Crippen LogP contribution in [0, 0.1) is 19.0 Å². The number of furan rings is 1. The second-order valence-corrected chi connectivity index (χ2v) is 27.8. The molecule has 10 rings (SSSR count). The molecule has 321 valence electrons. The maximum atomic E-state index is 9.43. The summed E-state index contributed by atoms with van der Waals surface area (Å²) in [5.74, 6) is 5.45. The zero-order valence-electron chi connectivity index (χ0n) is 43.9. The van der Waals surface area contributed by atoms with E-state index in [1.165, 1.54) is 10.5 Å². The van der Waals surface area contributed by atoms with Gasteiger partial charge in [-0.15, -0.1) is 18.2 Å². The molecule has 0 saturated carbocycles. The number of rotatable bonds is 8. The number of para-hydroxylation sites is 2. The third-order valence-corrected chi connectivity index (χ3v) is 15.5. The van der Waals surface area contributed by atoms with Crippen LogP contribution < -0.4 is 4.40 Å². The van der Waals surface area contributed by atoms with Crippen LogP contribution in [0.3, 0.4) is 0 Å². The zero-order chi connectivity index (χ0) is 49.9. The van der Waals surface area contributed by atoms with Crippen molar-refractivity contribution in [2.75, 3.05) is 0 Å². The van der Waals surface area contributed by atoms with Gasteiger partial charge in [-0.25, -0.2) is 4.98 Å². The van der Waals surface area contributed by atoms with Crippen molar-refractivity contribution in [1.29, 1.82) is 0 Å². The van der Waals surface area contributed by atoms with Crippen molar-refractivity contribution in [3.63, 3.8) is 0 Å². The van der Waals surface area contributed by atoms with E-state index in [4.69, 9.17) is 21.2 Å². The Morgan fingerprint density at radius 1 is 0.703 bits per heavy atom. The number of benzene rings is 6. The number of nitrogens with zero attached hydrogens (tertiary/aromatic N) is 4. The maximum absolute atomic E-state index is 9.43. The molecule has 0 atom stereocenters. The predicted octanol–water partition coefficient (Wildman–Crippen LogP) is 14.8. The van der Waals surface area contributed by atoms with E-state index in [0.717, 1.165) is 61.0 Å². The fraction of sp³-hybridized carbons (Fsp3) is 0.175. The molecule has 0 bridgehead atoms. The molecular weight excluding hydrogens is 1020 g/mol. The van der Waals surface area contributed by atoms with Gasteiger partial charge in [-0.05, 0) is 70.4 Å². The molecular formula is C57H52GeIrN4O-2. The van der Waals surface area contributed by atoms with Crippen molar-refractivity contribution < 1.29 is 34.1 Å². The van der Waals surface area contributed by atoms with Gasteiger partial charge in [0.25, 0.3) is 0 Å². The van der Waals surface area contributed by atoms with Crippen molar-refractivity contribution in [2.45, 2.75) is 63.6 Å². The average molecular weight is 1080 g/mol. The molecule has 64 heavy (non-hydrogen) atoms. The molecule has 0 aliphatic rings. The summed E-state index contributed by atoms with van der Waals surface area (Å²) < 4.78 is 66.7. The van der Waals surface area contributed by atoms with Crippen LogP contribution in [0.1, 0.15) is 65.8 Å². The summed E-state index contributed by atoms with van der Waals surface area (Å²) in [6, 6.07) is 51.6.